The molecule has 0 aliphatic heterocycles. The summed E-state index contributed by atoms with van der Waals surface area (Å²) >= 11 is 0. The Hall–Kier alpha value is -6.70. The van der Waals surface area contributed by atoms with Crippen molar-refractivity contribution in [2.75, 3.05) is 4.90 Å². The molecule has 0 radical (unpaired) electrons. The van der Waals surface area contributed by atoms with Gasteiger partial charge in [0.2, 0.25) is 0 Å². The summed E-state index contributed by atoms with van der Waals surface area (Å²) in [6, 6.07) is 74.1. The van der Waals surface area contributed by atoms with Crippen molar-refractivity contribution in [1.29, 1.82) is 0 Å². The molecule has 0 aromatic heterocycles. The average Bonchev–Trinajstić information content (AvgIpc) is 3.67. The van der Waals surface area contributed by atoms with Crippen LogP contribution in [0.2, 0.25) is 0 Å². The Balaban J connectivity index is 1.20. The zero-order valence-electron chi connectivity index (χ0n) is 28.5. The van der Waals surface area contributed by atoms with Gasteiger partial charge in [-0.15, -0.1) is 0 Å². The van der Waals surface area contributed by atoms with Gasteiger partial charge in [0.15, 0.2) is 0 Å². The van der Waals surface area contributed by atoms with E-state index in [1.165, 1.54) is 77.2 Å². The van der Waals surface area contributed by atoms with Gasteiger partial charge in [-0.25, -0.2) is 0 Å². The maximum Gasteiger partial charge on any atom is 0.0726 e. The van der Waals surface area contributed by atoms with E-state index in [2.05, 4.69) is 205 Å². The highest BCUT2D eigenvalue weighted by Gasteiger charge is 2.51. The van der Waals surface area contributed by atoms with Crippen LogP contribution in [-0.2, 0) is 5.41 Å². The van der Waals surface area contributed by atoms with E-state index in [1.54, 1.807) is 0 Å². The Morgan fingerprint density at radius 3 is 1.60 bits per heavy atom. The van der Waals surface area contributed by atoms with E-state index in [4.69, 9.17) is 0 Å². The molecule has 1 heteroatoms. The molecular weight excluding hydrogens is 627 g/mol. The highest BCUT2D eigenvalue weighted by Crippen LogP contribution is 2.63. The SMILES string of the molecule is c1ccc(-c2ccc(N(c3ccc4c(c3)C3(c5ccccc5-c5ccccc53)c3cc5ccccc5cc3-4)c3cccc4ccccc34)cc2)cc1. The number of nitrogens with zero attached hydrogens (tertiary/aromatic N) is 1. The predicted octanol–water partition coefficient (Wildman–Crippen LogP) is 13.5. The number of hydrogen-bond acceptors (Lipinski definition) is 1. The van der Waals surface area contributed by atoms with E-state index in [0.717, 1.165) is 17.1 Å². The summed E-state index contributed by atoms with van der Waals surface area (Å²) < 4.78 is 0. The molecule has 242 valence electrons. The zero-order chi connectivity index (χ0) is 34.2. The zero-order valence-corrected chi connectivity index (χ0v) is 28.5. The molecule has 52 heavy (non-hydrogen) atoms. The van der Waals surface area contributed by atoms with E-state index >= 15 is 0 Å². The second-order valence-electron chi connectivity index (χ2n) is 14.1. The summed E-state index contributed by atoms with van der Waals surface area (Å²) in [5.41, 5.74) is 16.1. The smallest absolute Gasteiger partial charge is 0.0726 e. The number of hydrogen-bond donors (Lipinski definition) is 0. The van der Waals surface area contributed by atoms with Crippen molar-refractivity contribution in [2.45, 2.75) is 5.41 Å². The third-order valence-corrected chi connectivity index (χ3v) is 11.4. The van der Waals surface area contributed by atoms with Gasteiger partial charge in [-0.3, -0.25) is 0 Å². The van der Waals surface area contributed by atoms with Crippen LogP contribution in [0.4, 0.5) is 17.1 Å². The monoisotopic (exact) mass is 659 g/mol. The molecular formula is C51H33N. The molecule has 2 aliphatic carbocycles. The van der Waals surface area contributed by atoms with Gasteiger partial charge in [-0.1, -0.05) is 158 Å². The summed E-state index contributed by atoms with van der Waals surface area (Å²) in [6.45, 7) is 0. The van der Waals surface area contributed by atoms with E-state index < -0.39 is 5.41 Å². The first-order valence-electron chi connectivity index (χ1n) is 18.1. The van der Waals surface area contributed by atoms with Gasteiger partial charge < -0.3 is 4.90 Å². The minimum absolute atomic E-state index is 0.445. The Morgan fingerprint density at radius 1 is 0.308 bits per heavy atom. The second-order valence-corrected chi connectivity index (χ2v) is 14.1. The third kappa shape index (κ3) is 4.05. The van der Waals surface area contributed by atoms with E-state index in [1.807, 2.05) is 0 Å². The molecule has 0 atom stereocenters. The number of benzene rings is 9. The number of rotatable bonds is 4. The molecule has 0 N–H and O–H groups in total. The van der Waals surface area contributed by atoms with Gasteiger partial charge in [0.25, 0.3) is 0 Å². The van der Waals surface area contributed by atoms with Crippen molar-refractivity contribution < 1.29 is 0 Å². The molecule has 0 amide bonds. The fourth-order valence-electron chi connectivity index (χ4n) is 9.21. The van der Waals surface area contributed by atoms with Crippen LogP contribution >= 0.6 is 0 Å². The van der Waals surface area contributed by atoms with Crippen molar-refractivity contribution in [3.63, 3.8) is 0 Å². The molecule has 0 bridgehead atoms. The largest absolute Gasteiger partial charge is 0.310 e. The number of anilines is 3. The highest BCUT2D eigenvalue weighted by molar-refractivity contribution is 6.02. The van der Waals surface area contributed by atoms with Gasteiger partial charge in [0.05, 0.1) is 11.1 Å². The Kier molecular flexibility index (Phi) is 6.23. The molecule has 11 rings (SSSR count). The van der Waals surface area contributed by atoms with E-state index in [-0.39, 0.29) is 0 Å². The lowest BCUT2D eigenvalue weighted by Crippen LogP contribution is -2.26. The van der Waals surface area contributed by atoms with Gasteiger partial charge in [-0.2, -0.15) is 0 Å². The van der Waals surface area contributed by atoms with E-state index in [0.29, 0.717) is 0 Å². The molecule has 0 saturated carbocycles. The molecule has 0 unspecified atom stereocenters. The van der Waals surface area contributed by atoms with Crippen LogP contribution in [0.15, 0.2) is 200 Å². The third-order valence-electron chi connectivity index (χ3n) is 11.4. The normalized spacial score (nSPS) is 13.2. The predicted molar refractivity (Wildman–Crippen MR) is 218 cm³/mol. The van der Waals surface area contributed by atoms with Crippen molar-refractivity contribution in [1.82, 2.24) is 0 Å². The lowest BCUT2D eigenvalue weighted by molar-refractivity contribution is 0.795. The summed E-state index contributed by atoms with van der Waals surface area (Å²) in [5.74, 6) is 0. The van der Waals surface area contributed by atoms with Crippen molar-refractivity contribution in [3.8, 4) is 33.4 Å². The quantitative estimate of drug-likeness (QED) is 0.182. The molecule has 0 saturated heterocycles. The van der Waals surface area contributed by atoms with E-state index in [9.17, 15) is 0 Å². The van der Waals surface area contributed by atoms with Crippen LogP contribution in [-0.4, -0.2) is 0 Å². The Labute approximate surface area is 303 Å². The molecule has 0 heterocycles. The second kappa shape index (κ2) is 11.2. The average molecular weight is 660 g/mol. The molecule has 9 aromatic carbocycles. The molecule has 0 fully saturated rings. The lowest BCUT2D eigenvalue weighted by atomic mass is 9.70. The van der Waals surface area contributed by atoms with Crippen molar-refractivity contribution in [2.24, 2.45) is 0 Å². The molecule has 9 aromatic rings. The topological polar surface area (TPSA) is 3.24 Å². The van der Waals surface area contributed by atoms with Crippen LogP contribution in [0.3, 0.4) is 0 Å². The number of fused-ring (bicyclic) bond motifs is 12. The first-order chi connectivity index (χ1) is 25.8. The van der Waals surface area contributed by atoms with Crippen LogP contribution in [0.25, 0.3) is 54.9 Å². The van der Waals surface area contributed by atoms with Gasteiger partial charge in [0, 0.05) is 16.8 Å². The van der Waals surface area contributed by atoms with Gasteiger partial charge in [0.1, 0.15) is 0 Å². The maximum absolute atomic E-state index is 2.49. The summed E-state index contributed by atoms with van der Waals surface area (Å²) in [7, 11) is 0. The maximum atomic E-state index is 2.49. The minimum Gasteiger partial charge on any atom is -0.310 e. The fraction of sp³-hybridized carbons (Fsp3) is 0.0196. The van der Waals surface area contributed by atoms with Crippen LogP contribution in [0.1, 0.15) is 22.3 Å². The van der Waals surface area contributed by atoms with Crippen LogP contribution in [0, 0.1) is 0 Å². The van der Waals surface area contributed by atoms with Gasteiger partial charge in [-0.05, 0) is 114 Å². The summed E-state index contributed by atoms with van der Waals surface area (Å²) in [4.78, 5) is 2.46. The van der Waals surface area contributed by atoms with Crippen molar-refractivity contribution in [3.05, 3.63) is 222 Å². The fourth-order valence-corrected chi connectivity index (χ4v) is 9.21. The Bertz CT molecular complexity index is 2800. The Morgan fingerprint density at radius 2 is 0.846 bits per heavy atom. The molecule has 1 spiro atoms. The van der Waals surface area contributed by atoms with Gasteiger partial charge >= 0.3 is 0 Å². The minimum atomic E-state index is -0.445. The summed E-state index contributed by atoms with van der Waals surface area (Å²) in [5, 5.41) is 4.98. The van der Waals surface area contributed by atoms with Crippen LogP contribution in [0.5, 0.6) is 0 Å². The first kappa shape index (κ1) is 29.1. The highest BCUT2D eigenvalue weighted by atomic mass is 15.1. The molecule has 1 nitrogen and oxygen atoms in total. The van der Waals surface area contributed by atoms with Crippen molar-refractivity contribution >= 4 is 38.6 Å². The lowest BCUT2D eigenvalue weighted by Gasteiger charge is -2.32. The molecule has 2 aliphatic rings. The first-order valence-corrected chi connectivity index (χ1v) is 18.1. The summed E-state index contributed by atoms with van der Waals surface area (Å²) in [6.07, 6.45) is 0. The standard InChI is InChI=1S/C51H33N/c1-2-13-34(14-3-1)35-25-27-39(28-26-35)52(50-24-12-18-36-15-6-7-19-41(36)50)40-29-30-44-45-31-37-16-4-5-17-38(37)32-48(45)51(49(44)33-40)46-22-10-8-20-42(46)43-21-9-11-23-47(43)51/h1-33H. The van der Waals surface area contributed by atoms with Crippen LogP contribution < -0.4 is 4.90 Å².